The van der Waals surface area contributed by atoms with Crippen LogP contribution in [0.15, 0.2) is 36.5 Å². The molecule has 2 rings (SSSR count). The molecule has 0 radical (unpaired) electrons. The van der Waals surface area contributed by atoms with Gasteiger partial charge >= 0.3 is 5.97 Å². The van der Waals surface area contributed by atoms with Crippen molar-refractivity contribution in [1.82, 2.24) is 4.98 Å². The van der Waals surface area contributed by atoms with Gasteiger partial charge in [-0.25, -0.2) is 4.39 Å². The van der Waals surface area contributed by atoms with Gasteiger partial charge in [0, 0.05) is 12.6 Å². The van der Waals surface area contributed by atoms with Crippen LogP contribution in [0.4, 0.5) is 4.39 Å². The molecular formula is C21H24FNO3. The number of aldehydes is 1. The molecule has 1 heterocycles. The molecular weight excluding hydrogens is 333 g/mol. The lowest BCUT2D eigenvalue weighted by Gasteiger charge is -2.20. The van der Waals surface area contributed by atoms with Crippen molar-refractivity contribution in [3.63, 3.8) is 0 Å². The Balaban J connectivity index is 2.08. The molecule has 0 aliphatic rings. The van der Waals surface area contributed by atoms with Gasteiger partial charge in [-0.15, -0.1) is 0 Å². The van der Waals surface area contributed by atoms with Crippen LogP contribution in [0.2, 0.25) is 0 Å². The fraction of sp³-hybridized carbons (Fsp3) is 0.381. The van der Waals surface area contributed by atoms with Gasteiger partial charge in [0.1, 0.15) is 17.7 Å². The first-order valence-corrected chi connectivity index (χ1v) is 8.55. The number of aryl methyl sites for hydroxylation is 1. The first kappa shape index (κ1) is 19.8. The Hall–Kier alpha value is -2.56. The Morgan fingerprint density at radius 1 is 1.27 bits per heavy atom. The molecule has 0 amide bonds. The molecule has 0 N–H and O–H groups in total. The maximum absolute atomic E-state index is 14.1. The van der Waals surface area contributed by atoms with E-state index in [1.54, 1.807) is 58.2 Å². The number of ether oxygens (including phenoxy) is 1. The second-order valence-electron chi connectivity index (χ2n) is 7.35. The second-order valence-corrected chi connectivity index (χ2v) is 7.35. The number of hydrogen-bond donors (Lipinski definition) is 0. The zero-order valence-corrected chi connectivity index (χ0v) is 15.6. The standard InChI is InChI=1S/C21H24FNO3/c1-14-6-5-7-16(20(14)22)10-15-8-9-18(23-12-15)17(13-24)11-19(25)26-21(2,3)4/h5-9,12-13,17H,10-11H2,1-4H3. The molecule has 138 valence electrons. The summed E-state index contributed by atoms with van der Waals surface area (Å²) in [5, 5.41) is 0. The van der Waals surface area contributed by atoms with Crippen LogP contribution in [0.3, 0.4) is 0 Å². The third kappa shape index (κ3) is 5.48. The minimum Gasteiger partial charge on any atom is -0.460 e. The summed E-state index contributed by atoms with van der Waals surface area (Å²) < 4.78 is 19.4. The summed E-state index contributed by atoms with van der Waals surface area (Å²) in [5.41, 5.74) is 1.94. The summed E-state index contributed by atoms with van der Waals surface area (Å²) in [7, 11) is 0. The molecule has 0 aliphatic heterocycles. The van der Waals surface area contributed by atoms with Crippen molar-refractivity contribution < 1.29 is 18.7 Å². The highest BCUT2D eigenvalue weighted by Crippen LogP contribution is 2.20. The minimum atomic E-state index is -0.658. The van der Waals surface area contributed by atoms with E-state index in [-0.39, 0.29) is 12.2 Å². The summed E-state index contributed by atoms with van der Waals surface area (Å²) in [4.78, 5) is 27.6. The van der Waals surface area contributed by atoms with Crippen molar-refractivity contribution in [2.45, 2.75) is 52.1 Å². The van der Waals surface area contributed by atoms with Gasteiger partial charge in [0.15, 0.2) is 0 Å². The largest absolute Gasteiger partial charge is 0.460 e. The molecule has 1 aromatic carbocycles. The smallest absolute Gasteiger partial charge is 0.307 e. The van der Waals surface area contributed by atoms with E-state index in [9.17, 15) is 14.0 Å². The predicted molar refractivity (Wildman–Crippen MR) is 97.4 cm³/mol. The average molecular weight is 357 g/mol. The summed E-state index contributed by atoms with van der Waals surface area (Å²) in [6.45, 7) is 7.06. The average Bonchev–Trinajstić information content (AvgIpc) is 2.56. The van der Waals surface area contributed by atoms with E-state index in [2.05, 4.69) is 4.98 Å². The molecule has 0 fully saturated rings. The van der Waals surface area contributed by atoms with Gasteiger partial charge in [-0.1, -0.05) is 24.3 Å². The normalized spacial score (nSPS) is 12.5. The number of pyridine rings is 1. The number of carbonyl (C=O) groups excluding carboxylic acids is 2. The highest BCUT2D eigenvalue weighted by atomic mass is 19.1. The van der Waals surface area contributed by atoms with Crippen LogP contribution in [0.1, 0.15) is 55.5 Å². The maximum Gasteiger partial charge on any atom is 0.307 e. The Morgan fingerprint density at radius 3 is 2.58 bits per heavy atom. The molecule has 1 aromatic heterocycles. The summed E-state index contributed by atoms with van der Waals surface area (Å²) in [5.74, 6) is -1.32. The van der Waals surface area contributed by atoms with Crippen molar-refractivity contribution in [2.24, 2.45) is 0 Å². The molecule has 0 spiro atoms. The van der Waals surface area contributed by atoms with E-state index >= 15 is 0 Å². The fourth-order valence-electron chi connectivity index (χ4n) is 2.61. The van der Waals surface area contributed by atoms with Crippen LogP contribution in [-0.4, -0.2) is 22.8 Å². The van der Waals surface area contributed by atoms with Crippen LogP contribution >= 0.6 is 0 Å². The van der Waals surface area contributed by atoms with Gasteiger partial charge in [0.05, 0.1) is 18.0 Å². The summed E-state index contributed by atoms with van der Waals surface area (Å²) >= 11 is 0. The topological polar surface area (TPSA) is 56.3 Å². The molecule has 0 bridgehead atoms. The fourth-order valence-corrected chi connectivity index (χ4v) is 2.61. The van der Waals surface area contributed by atoms with Crippen molar-refractivity contribution in [3.05, 3.63) is 64.7 Å². The zero-order chi connectivity index (χ0) is 19.3. The monoisotopic (exact) mass is 357 g/mol. The zero-order valence-electron chi connectivity index (χ0n) is 15.6. The van der Waals surface area contributed by atoms with Gasteiger partial charge in [0.2, 0.25) is 0 Å². The van der Waals surface area contributed by atoms with Gasteiger partial charge in [-0.05, 0) is 50.5 Å². The van der Waals surface area contributed by atoms with Crippen LogP contribution in [0.5, 0.6) is 0 Å². The van der Waals surface area contributed by atoms with E-state index in [0.717, 1.165) is 5.56 Å². The SMILES string of the molecule is Cc1cccc(Cc2ccc(C(C=O)CC(=O)OC(C)(C)C)nc2)c1F. The highest BCUT2D eigenvalue weighted by Gasteiger charge is 2.22. The quantitative estimate of drug-likeness (QED) is 0.576. The Bertz CT molecular complexity index is 779. The van der Waals surface area contributed by atoms with Gasteiger partial charge in [-0.3, -0.25) is 9.78 Å². The molecule has 1 atom stereocenters. The summed E-state index contributed by atoms with van der Waals surface area (Å²) in [6, 6.07) is 8.79. The Morgan fingerprint density at radius 2 is 2.00 bits per heavy atom. The van der Waals surface area contributed by atoms with E-state index in [0.29, 0.717) is 29.5 Å². The number of hydrogen-bond acceptors (Lipinski definition) is 4. The van der Waals surface area contributed by atoms with Gasteiger partial charge < -0.3 is 9.53 Å². The molecule has 5 heteroatoms. The van der Waals surface area contributed by atoms with E-state index in [4.69, 9.17) is 4.74 Å². The molecule has 1 unspecified atom stereocenters. The Labute approximate surface area is 153 Å². The molecule has 0 saturated heterocycles. The van der Waals surface area contributed by atoms with Gasteiger partial charge in [0.25, 0.3) is 0 Å². The van der Waals surface area contributed by atoms with E-state index in [1.165, 1.54) is 0 Å². The number of carbonyl (C=O) groups is 2. The van der Waals surface area contributed by atoms with Crippen LogP contribution in [-0.2, 0) is 20.7 Å². The minimum absolute atomic E-state index is 0.0559. The van der Waals surface area contributed by atoms with Crippen molar-refractivity contribution >= 4 is 12.3 Å². The number of benzene rings is 1. The number of esters is 1. The number of aromatic nitrogens is 1. The van der Waals surface area contributed by atoms with Crippen LogP contribution in [0, 0.1) is 12.7 Å². The lowest BCUT2D eigenvalue weighted by Crippen LogP contribution is -2.25. The third-order valence-corrected chi connectivity index (χ3v) is 3.86. The van der Waals surface area contributed by atoms with E-state index < -0.39 is 17.5 Å². The molecule has 4 nitrogen and oxygen atoms in total. The number of halogens is 1. The maximum atomic E-state index is 14.1. The van der Waals surface area contributed by atoms with Crippen molar-refractivity contribution in [2.75, 3.05) is 0 Å². The van der Waals surface area contributed by atoms with Crippen molar-refractivity contribution in [3.8, 4) is 0 Å². The predicted octanol–water partition coefficient (Wildman–Crippen LogP) is 4.13. The molecule has 26 heavy (non-hydrogen) atoms. The molecule has 2 aromatic rings. The molecule has 0 aliphatic carbocycles. The van der Waals surface area contributed by atoms with Crippen molar-refractivity contribution in [1.29, 1.82) is 0 Å². The first-order chi connectivity index (χ1) is 12.2. The van der Waals surface area contributed by atoms with Crippen LogP contribution < -0.4 is 0 Å². The third-order valence-electron chi connectivity index (χ3n) is 3.86. The second kappa shape index (κ2) is 8.21. The molecule has 0 saturated carbocycles. The van der Waals surface area contributed by atoms with E-state index in [1.807, 2.05) is 6.07 Å². The summed E-state index contributed by atoms with van der Waals surface area (Å²) in [6.07, 6.45) is 2.67. The Kier molecular flexibility index (Phi) is 6.24. The lowest BCUT2D eigenvalue weighted by atomic mass is 10.00. The number of rotatable bonds is 6. The first-order valence-electron chi connectivity index (χ1n) is 8.55. The number of nitrogens with zero attached hydrogens (tertiary/aromatic N) is 1. The lowest BCUT2D eigenvalue weighted by molar-refractivity contribution is -0.155. The highest BCUT2D eigenvalue weighted by molar-refractivity contribution is 5.76. The van der Waals surface area contributed by atoms with Crippen LogP contribution in [0.25, 0.3) is 0 Å². The van der Waals surface area contributed by atoms with Gasteiger partial charge in [-0.2, -0.15) is 0 Å².